The number of carbonyl (C=O) groups excluding carboxylic acids is 1. The number of carbonyl (C=O) groups is 1. The summed E-state index contributed by atoms with van der Waals surface area (Å²) < 4.78 is 37.4. The molecule has 0 saturated carbocycles. The maximum Gasteiger partial charge on any atom is 0.251 e. The van der Waals surface area contributed by atoms with Crippen LogP contribution in [0.5, 0.6) is 0 Å². The van der Waals surface area contributed by atoms with Crippen LogP contribution >= 0.6 is 0 Å². The molecule has 0 aliphatic heterocycles. The van der Waals surface area contributed by atoms with Crippen molar-refractivity contribution in [2.75, 3.05) is 37.3 Å². The Labute approximate surface area is 120 Å². The van der Waals surface area contributed by atoms with Gasteiger partial charge in [0.15, 0.2) is 0 Å². The molecule has 4 N–H and O–H groups in total. The van der Waals surface area contributed by atoms with Gasteiger partial charge in [-0.05, 0) is 18.2 Å². The van der Waals surface area contributed by atoms with Gasteiger partial charge in [0.1, 0.15) is 5.82 Å². The molecule has 1 rings (SSSR count). The molecular formula is C13H18F3N3O2. The molecular weight excluding hydrogens is 287 g/mol. The highest BCUT2D eigenvalue weighted by Crippen LogP contribution is 2.19. The first-order valence-electron chi connectivity index (χ1n) is 6.38. The molecule has 0 saturated heterocycles. The fourth-order valence-electron chi connectivity index (χ4n) is 1.75. The number of nitrogens with two attached hydrogens (primary N) is 1. The van der Waals surface area contributed by atoms with E-state index in [1.54, 1.807) is 0 Å². The summed E-state index contributed by atoms with van der Waals surface area (Å²) >= 11 is 0. The third-order valence-corrected chi connectivity index (χ3v) is 2.76. The number of amides is 1. The van der Waals surface area contributed by atoms with Crippen molar-refractivity contribution in [3.63, 3.8) is 0 Å². The van der Waals surface area contributed by atoms with E-state index in [0.717, 1.165) is 12.1 Å². The molecule has 0 fully saturated rings. The van der Waals surface area contributed by atoms with Gasteiger partial charge in [-0.2, -0.15) is 0 Å². The van der Waals surface area contributed by atoms with Crippen LogP contribution in [0.15, 0.2) is 18.2 Å². The summed E-state index contributed by atoms with van der Waals surface area (Å²) in [4.78, 5) is 13.0. The Hall–Kier alpha value is -1.80. The molecule has 0 aliphatic carbocycles. The minimum atomic E-state index is -2.53. The summed E-state index contributed by atoms with van der Waals surface area (Å²) in [6, 6.07) is 3.55. The maximum absolute atomic E-state index is 12.9. The number of hydrogen-bond donors (Lipinski definition) is 3. The van der Waals surface area contributed by atoms with E-state index in [4.69, 9.17) is 10.8 Å². The van der Waals surface area contributed by atoms with Gasteiger partial charge in [0.05, 0.1) is 24.5 Å². The molecule has 0 radical (unpaired) electrons. The molecule has 1 amide bonds. The van der Waals surface area contributed by atoms with Crippen LogP contribution in [0.1, 0.15) is 6.42 Å². The number of halogens is 3. The minimum Gasteiger partial charge on any atom is -0.397 e. The average molecular weight is 305 g/mol. The number of benzene rings is 1. The molecule has 0 atom stereocenters. The Balaban J connectivity index is 2.48. The molecule has 0 aliphatic rings. The van der Waals surface area contributed by atoms with E-state index >= 15 is 0 Å². The number of alkyl halides is 2. The fourth-order valence-corrected chi connectivity index (χ4v) is 1.75. The van der Waals surface area contributed by atoms with Gasteiger partial charge in [-0.15, -0.1) is 0 Å². The number of anilines is 2. The second-order valence-corrected chi connectivity index (χ2v) is 4.45. The first-order chi connectivity index (χ1) is 9.92. The summed E-state index contributed by atoms with van der Waals surface area (Å²) in [6.45, 7) is -0.625. The number of nitrogens with zero attached hydrogens (tertiary/aromatic N) is 1. The maximum atomic E-state index is 12.9. The van der Waals surface area contributed by atoms with E-state index in [-0.39, 0.29) is 37.5 Å². The Kier molecular flexibility index (Phi) is 6.97. The van der Waals surface area contributed by atoms with E-state index in [1.807, 2.05) is 0 Å². The minimum absolute atomic E-state index is 0.0382. The third kappa shape index (κ3) is 6.46. The van der Waals surface area contributed by atoms with Crippen molar-refractivity contribution in [3.05, 3.63) is 24.0 Å². The highest BCUT2D eigenvalue weighted by atomic mass is 19.3. The summed E-state index contributed by atoms with van der Waals surface area (Å²) in [7, 11) is 0. The van der Waals surface area contributed by atoms with Gasteiger partial charge in [0.25, 0.3) is 6.43 Å². The van der Waals surface area contributed by atoms with Gasteiger partial charge in [-0.3, -0.25) is 9.69 Å². The topological polar surface area (TPSA) is 78.6 Å². The quantitative estimate of drug-likeness (QED) is 0.633. The van der Waals surface area contributed by atoms with Gasteiger partial charge in [-0.1, -0.05) is 0 Å². The lowest BCUT2D eigenvalue weighted by molar-refractivity contribution is -0.116. The van der Waals surface area contributed by atoms with E-state index in [9.17, 15) is 18.0 Å². The van der Waals surface area contributed by atoms with Crippen molar-refractivity contribution in [2.45, 2.75) is 12.8 Å². The van der Waals surface area contributed by atoms with Crippen LogP contribution in [0.25, 0.3) is 0 Å². The Morgan fingerprint density at radius 1 is 1.38 bits per heavy atom. The molecule has 21 heavy (non-hydrogen) atoms. The first-order valence-corrected chi connectivity index (χ1v) is 6.38. The van der Waals surface area contributed by atoms with Gasteiger partial charge in [0, 0.05) is 19.5 Å². The van der Waals surface area contributed by atoms with Crippen molar-refractivity contribution in [2.24, 2.45) is 0 Å². The van der Waals surface area contributed by atoms with E-state index in [2.05, 4.69) is 5.32 Å². The second-order valence-electron chi connectivity index (χ2n) is 4.45. The van der Waals surface area contributed by atoms with Gasteiger partial charge >= 0.3 is 0 Å². The lowest BCUT2D eigenvalue weighted by Crippen LogP contribution is -2.34. The van der Waals surface area contributed by atoms with E-state index in [0.29, 0.717) is 0 Å². The average Bonchev–Trinajstić information content (AvgIpc) is 2.39. The van der Waals surface area contributed by atoms with E-state index in [1.165, 1.54) is 11.0 Å². The summed E-state index contributed by atoms with van der Waals surface area (Å²) in [5, 5.41) is 11.3. The van der Waals surface area contributed by atoms with Crippen LogP contribution in [0.3, 0.4) is 0 Å². The number of rotatable bonds is 8. The van der Waals surface area contributed by atoms with Crippen molar-refractivity contribution in [1.29, 1.82) is 0 Å². The van der Waals surface area contributed by atoms with Crippen LogP contribution < -0.4 is 11.1 Å². The number of aliphatic hydroxyl groups excluding tert-OH is 1. The highest BCUT2D eigenvalue weighted by Gasteiger charge is 2.13. The first kappa shape index (κ1) is 17.3. The number of hydrogen-bond acceptors (Lipinski definition) is 4. The second kappa shape index (κ2) is 8.48. The summed E-state index contributed by atoms with van der Waals surface area (Å²) in [5.74, 6) is -0.943. The molecule has 0 bridgehead atoms. The Morgan fingerprint density at radius 3 is 2.67 bits per heavy atom. The monoisotopic (exact) mass is 305 g/mol. The molecule has 1 aromatic carbocycles. The molecule has 1 aromatic rings. The number of aliphatic hydroxyl groups is 1. The number of nitrogens with one attached hydrogen (secondary N) is 1. The van der Waals surface area contributed by atoms with Crippen molar-refractivity contribution in [1.82, 2.24) is 4.90 Å². The predicted molar refractivity (Wildman–Crippen MR) is 73.6 cm³/mol. The van der Waals surface area contributed by atoms with Gasteiger partial charge in [-0.25, -0.2) is 13.2 Å². The molecule has 5 nitrogen and oxygen atoms in total. The summed E-state index contributed by atoms with van der Waals surface area (Å²) in [5.41, 5.74) is 5.90. The van der Waals surface area contributed by atoms with Crippen LogP contribution in [0, 0.1) is 5.82 Å². The largest absolute Gasteiger partial charge is 0.397 e. The standard InChI is InChI=1S/C13H18F3N3O2/c14-9-1-2-11(10(17)7-9)18-13(21)3-4-19(5-6-20)8-12(15)16/h1-2,7,12,20H,3-6,8,17H2,(H,18,21). The van der Waals surface area contributed by atoms with Gasteiger partial charge in [0.2, 0.25) is 5.91 Å². The molecule has 118 valence electrons. The zero-order valence-electron chi connectivity index (χ0n) is 11.4. The molecule has 0 unspecified atom stereocenters. The fraction of sp³-hybridized carbons (Fsp3) is 0.462. The van der Waals surface area contributed by atoms with Crippen molar-refractivity contribution < 1.29 is 23.1 Å². The SMILES string of the molecule is Nc1cc(F)ccc1NC(=O)CCN(CCO)CC(F)F. The normalized spacial score (nSPS) is 11.1. The zero-order valence-corrected chi connectivity index (χ0v) is 11.4. The molecule has 0 heterocycles. The van der Waals surface area contributed by atoms with Crippen LogP contribution in [-0.2, 0) is 4.79 Å². The van der Waals surface area contributed by atoms with Crippen LogP contribution in [0.2, 0.25) is 0 Å². The van der Waals surface area contributed by atoms with Gasteiger partial charge < -0.3 is 16.2 Å². The zero-order chi connectivity index (χ0) is 15.8. The van der Waals surface area contributed by atoms with Crippen molar-refractivity contribution in [3.8, 4) is 0 Å². The molecule has 0 aromatic heterocycles. The van der Waals surface area contributed by atoms with E-state index < -0.39 is 24.7 Å². The lowest BCUT2D eigenvalue weighted by Gasteiger charge is -2.20. The van der Waals surface area contributed by atoms with Crippen molar-refractivity contribution >= 4 is 17.3 Å². The Bertz CT molecular complexity index is 472. The third-order valence-electron chi connectivity index (χ3n) is 2.76. The predicted octanol–water partition coefficient (Wildman–Crippen LogP) is 1.30. The Morgan fingerprint density at radius 2 is 2.10 bits per heavy atom. The lowest BCUT2D eigenvalue weighted by atomic mass is 10.2. The van der Waals surface area contributed by atoms with Crippen LogP contribution in [0.4, 0.5) is 24.5 Å². The number of nitrogen functional groups attached to an aromatic ring is 1. The molecule has 8 heteroatoms. The summed E-state index contributed by atoms with van der Waals surface area (Å²) in [6.07, 6.45) is -2.57. The van der Waals surface area contributed by atoms with Crippen LogP contribution in [-0.4, -0.2) is 48.6 Å². The molecule has 0 spiro atoms. The smallest absolute Gasteiger partial charge is 0.251 e. The highest BCUT2D eigenvalue weighted by molar-refractivity contribution is 5.93.